The molecule has 0 saturated heterocycles. The van der Waals surface area contributed by atoms with E-state index in [1.54, 1.807) is 0 Å². The normalized spacial score (nSPS) is 18.8. The smallest absolute Gasteiger partial charge is 0.0663 e. The molecule has 0 radical (unpaired) electrons. The molecule has 0 heterocycles. The number of unbranched alkanes of at least 4 members (excludes halogenated alkanes) is 5. The van der Waals surface area contributed by atoms with Crippen LogP contribution in [0.2, 0.25) is 0 Å². The van der Waals surface area contributed by atoms with Crippen molar-refractivity contribution in [1.82, 2.24) is 0 Å². The van der Waals surface area contributed by atoms with E-state index in [-0.39, 0.29) is 5.60 Å². The van der Waals surface area contributed by atoms with Crippen molar-refractivity contribution in [3.05, 3.63) is 12.2 Å². The predicted molar refractivity (Wildman–Crippen MR) is 107 cm³/mol. The van der Waals surface area contributed by atoms with E-state index in [1.165, 1.54) is 50.5 Å². The van der Waals surface area contributed by atoms with E-state index in [4.69, 9.17) is 4.74 Å². The molecule has 1 atom stereocenters. The van der Waals surface area contributed by atoms with E-state index in [0.717, 1.165) is 25.7 Å². The summed E-state index contributed by atoms with van der Waals surface area (Å²) >= 11 is 0. The zero-order valence-corrected chi connectivity index (χ0v) is 17.5. The van der Waals surface area contributed by atoms with Crippen LogP contribution in [0.4, 0.5) is 0 Å². The molecule has 0 spiro atoms. The molecule has 1 fully saturated rings. The number of ether oxygens (including phenoxy) is 1. The molecule has 142 valence electrons. The quantitative estimate of drug-likeness (QED) is 0.293. The largest absolute Gasteiger partial charge is 0.372 e. The fourth-order valence-corrected chi connectivity index (χ4v) is 4.58. The first kappa shape index (κ1) is 21.7. The predicted octanol–water partition coefficient (Wildman–Crippen LogP) is 7.69. The average molecular weight is 337 g/mol. The Labute approximate surface area is 152 Å². The fraction of sp³-hybridized carbons (Fsp3) is 0.913. The summed E-state index contributed by atoms with van der Waals surface area (Å²) in [5.74, 6) is 0.612. The average Bonchev–Trinajstić information content (AvgIpc) is 2.47. The van der Waals surface area contributed by atoms with Gasteiger partial charge in [0.05, 0.1) is 11.7 Å². The molecule has 0 aromatic carbocycles. The van der Waals surface area contributed by atoms with Gasteiger partial charge in [-0.25, -0.2) is 0 Å². The zero-order chi connectivity index (χ0) is 18.2. The van der Waals surface area contributed by atoms with Gasteiger partial charge in [0.1, 0.15) is 0 Å². The lowest BCUT2D eigenvalue weighted by Gasteiger charge is -2.45. The molecular weight excluding hydrogens is 292 g/mol. The van der Waals surface area contributed by atoms with Gasteiger partial charge in [0.2, 0.25) is 0 Å². The molecule has 0 aromatic rings. The van der Waals surface area contributed by atoms with E-state index in [9.17, 15) is 0 Å². The zero-order valence-electron chi connectivity index (χ0n) is 17.5. The highest BCUT2D eigenvalue weighted by atomic mass is 16.5. The van der Waals surface area contributed by atoms with Crippen molar-refractivity contribution in [2.75, 3.05) is 0 Å². The Morgan fingerprint density at radius 3 is 2.04 bits per heavy atom. The van der Waals surface area contributed by atoms with Gasteiger partial charge in [-0.3, -0.25) is 0 Å². The van der Waals surface area contributed by atoms with Crippen molar-refractivity contribution in [1.29, 1.82) is 0 Å². The maximum atomic E-state index is 6.67. The van der Waals surface area contributed by atoms with Crippen molar-refractivity contribution in [3.8, 4) is 0 Å². The first-order chi connectivity index (χ1) is 11.2. The highest BCUT2D eigenvalue weighted by Gasteiger charge is 2.40. The number of allylic oxidation sites excluding steroid dienone is 1. The van der Waals surface area contributed by atoms with Crippen molar-refractivity contribution in [2.45, 2.75) is 124 Å². The summed E-state index contributed by atoms with van der Waals surface area (Å²) in [6.07, 6.45) is 14.6. The molecular formula is C23H44O. The molecule has 1 nitrogen and oxygen atoms in total. The maximum Gasteiger partial charge on any atom is 0.0663 e. The molecule has 0 aromatic heterocycles. The fourth-order valence-electron chi connectivity index (χ4n) is 4.58. The second-order valence-corrected chi connectivity index (χ2v) is 9.65. The Kier molecular flexibility index (Phi) is 9.06. The van der Waals surface area contributed by atoms with Gasteiger partial charge in [-0.1, -0.05) is 78.4 Å². The second-order valence-electron chi connectivity index (χ2n) is 9.65. The molecule has 0 amide bonds. The van der Waals surface area contributed by atoms with Crippen molar-refractivity contribution < 1.29 is 4.74 Å². The van der Waals surface area contributed by atoms with Gasteiger partial charge in [-0.05, 0) is 57.3 Å². The van der Waals surface area contributed by atoms with E-state index < -0.39 is 0 Å². The van der Waals surface area contributed by atoms with Crippen LogP contribution in [0.3, 0.4) is 0 Å². The van der Waals surface area contributed by atoms with Crippen LogP contribution in [0, 0.1) is 11.3 Å². The molecule has 1 unspecified atom stereocenters. The Morgan fingerprint density at radius 2 is 1.50 bits per heavy atom. The van der Waals surface area contributed by atoms with Crippen molar-refractivity contribution in [2.24, 2.45) is 11.3 Å². The molecule has 0 aliphatic heterocycles. The molecule has 24 heavy (non-hydrogen) atoms. The van der Waals surface area contributed by atoms with Crippen LogP contribution in [0.25, 0.3) is 0 Å². The topological polar surface area (TPSA) is 9.23 Å². The first-order valence-electron chi connectivity index (χ1n) is 10.5. The maximum absolute atomic E-state index is 6.67. The first-order valence-corrected chi connectivity index (χ1v) is 10.5. The summed E-state index contributed by atoms with van der Waals surface area (Å²) in [6.45, 7) is 18.3. The Balaban J connectivity index is 2.53. The van der Waals surface area contributed by atoms with Gasteiger partial charge in [0.15, 0.2) is 0 Å². The highest BCUT2D eigenvalue weighted by molar-refractivity contribution is 4.99. The summed E-state index contributed by atoms with van der Waals surface area (Å²) < 4.78 is 6.67. The standard InChI is InChI=1S/C23H44O/c1-8-9-10-11-12-13-14-21(22(3,4)5)23(6,7)24-20-17-15-19(2)16-18-20/h20-21H,2,8-18H2,1,3-7H3. The summed E-state index contributed by atoms with van der Waals surface area (Å²) in [5, 5.41) is 0. The van der Waals surface area contributed by atoms with Gasteiger partial charge in [0, 0.05) is 0 Å². The molecule has 1 saturated carbocycles. The number of hydrogen-bond acceptors (Lipinski definition) is 1. The molecule has 1 aliphatic carbocycles. The molecule has 1 aliphatic rings. The van der Waals surface area contributed by atoms with E-state index >= 15 is 0 Å². The lowest BCUT2D eigenvalue weighted by molar-refractivity contribution is -0.138. The third-order valence-electron chi connectivity index (χ3n) is 5.84. The van der Waals surface area contributed by atoms with Crippen LogP contribution >= 0.6 is 0 Å². The van der Waals surface area contributed by atoms with Gasteiger partial charge in [-0.2, -0.15) is 0 Å². The van der Waals surface area contributed by atoms with E-state index in [1.807, 2.05) is 0 Å². The van der Waals surface area contributed by atoms with Crippen molar-refractivity contribution in [3.63, 3.8) is 0 Å². The minimum atomic E-state index is -0.0367. The molecule has 1 rings (SSSR count). The van der Waals surface area contributed by atoms with Crippen LogP contribution in [0.5, 0.6) is 0 Å². The SMILES string of the molecule is C=C1CCC(OC(C)(C)C(CCCCCCCC)C(C)(C)C)CC1. The molecule has 0 N–H and O–H groups in total. The van der Waals surface area contributed by atoms with Gasteiger partial charge >= 0.3 is 0 Å². The van der Waals surface area contributed by atoms with Gasteiger partial charge in [0.25, 0.3) is 0 Å². The highest BCUT2D eigenvalue weighted by Crippen LogP contribution is 2.42. The second kappa shape index (κ2) is 10.00. The summed E-state index contributed by atoms with van der Waals surface area (Å²) in [7, 11) is 0. The third-order valence-corrected chi connectivity index (χ3v) is 5.84. The molecule has 1 heteroatoms. The Hall–Kier alpha value is -0.300. The Bertz CT molecular complexity index is 351. The van der Waals surface area contributed by atoms with E-state index in [2.05, 4.69) is 48.1 Å². The summed E-state index contributed by atoms with van der Waals surface area (Å²) in [4.78, 5) is 0. The van der Waals surface area contributed by atoms with Crippen LogP contribution in [0.1, 0.15) is 112 Å². The van der Waals surface area contributed by atoms with Crippen LogP contribution in [-0.2, 0) is 4.74 Å². The van der Waals surface area contributed by atoms with Crippen molar-refractivity contribution >= 4 is 0 Å². The minimum Gasteiger partial charge on any atom is -0.372 e. The van der Waals surface area contributed by atoms with Gasteiger partial charge in [-0.15, -0.1) is 0 Å². The number of hydrogen-bond donors (Lipinski definition) is 0. The van der Waals surface area contributed by atoms with Crippen LogP contribution < -0.4 is 0 Å². The number of rotatable bonds is 10. The third kappa shape index (κ3) is 7.72. The van der Waals surface area contributed by atoms with Gasteiger partial charge < -0.3 is 4.74 Å². The summed E-state index contributed by atoms with van der Waals surface area (Å²) in [5.41, 5.74) is 1.67. The van der Waals surface area contributed by atoms with Crippen LogP contribution in [0.15, 0.2) is 12.2 Å². The summed E-state index contributed by atoms with van der Waals surface area (Å²) in [6, 6.07) is 0. The lowest BCUT2D eigenvalue weighted by atomic mass is 9.69. The molecule has 0 bridgehead atoms. The minimum absolute atomic E-state index is 0.0367. The lowest BCUT2D eigenvalue weighted by Crippen LogP contribution is -2.44. The van der Waals surface area contributed by atoms with Crippen LogP contribution in [-0.4, -0.2) is 11.7 Å². The van der Waals surface area contributed by atoms with E-state index in [0.29, 0.717) is 17.4 Å². The Morgan fingerprint density at radius 1 is 0.958 bits per heavy atom. The monoisotopic (exact) mass is 336 g/mol.